The first kappa shape index (κ1) is 31.0. The summed E-state index contributed by atoms with van der Waals surface area (Å²) in [6.45, 7) is -0.00334. The molecule has 6 rings (SSSR count). The molecule has 0 amide bonds. The second kappa shape index (κ2) is 13.6. The molecule has 0 spiro atoms. The van der Waals surface area contributed by atoms with Crippen LogP contribution >= 0.6 is 0 Å². The minimum Gasteiger partial charge on any atom is -0.497 e. The van der Waals surface area contributed by atoms with E-state index in [1.807, 2.05) is 103 Å². The van der Waals surface area contributed by atoms with Gasteiger partial charge in [-0.1, -0.05) is 78.9 Å². The lowest BCUT2D eigenvalue weighted by molar-refractivity contribution is -0.0944. The topological polar surface area (TPSA) is 112 Å². The molecule has 46 heavy (non-hydrogen) atoms. The van der Waals surface area contributed by atoms with Crippen LogP contribution in [0.2, 0.25) is 0 Å². The van der Waals surface area contributed by atoms with Crippen LogP contribution in [0, 0.1) is 0 Å². The van der Waals surface area contributed by atoms with E-state index in [0.29, 0.717) is 17.1 Å². The molecule has 2 aliphatic rings. The minimum atomic E-state index is -1.10. The second-order valence-corrected chi connectivity index (χ2v) is 11.2. The molecule has 2 heterocycles. The highest BCUT2D eigenvalue weighted by molar-refractivity contribution is 5.53. The number of nitrogens with one attached hydrogen (secondary N) is 1. The highest BCUT2D eigenvalue weighted by Gasteiger charge is 2.42. The van der Waals surface area contributed by atoms with Crippen LogP contribution in [0.3, 0.4) is 0 Å². The van der Waals surface area contributed by atoms with Crippen molar-refractivity contribution in [2.45, 2.75) is 36.9 Å². The summed E-state index contributed by atoms with van der Waals surface area (Å²) in [5.41, 5.74) is 1.72. The van der Waals surface area contributed by atoms with E-state index in [1.54, 1.807) is 20.3 Å². The van der Waals surface area contributed by atoms with Gasteiger partial charge >= 0.3 is 5.69 Å². The molecule has 1 aliphatic carbocycles. The van der Waals surface area contributed by atoms with E-state index >= 15 is 0 Å². The van der Waals surface area contributed by atoms with Crippen LogP contribution in [0.1, 0.15) is 41.3 Å². The molecule has 2 N–H and O–H groups in total. The van der Waals surface area contributed by atoms with Crippen molar-refractivity contribution in [1.82, 2.24) is 9.55 Å². The van der Waals surface area contributed by atoms with Crippen molar-refractivity contribution in [2.75, 3.05) is 20.8 Å². The average molecular weight is 621 g/mol. The van der Waals surface area contributed by atoms with Gasteiger partial charge in [-0.3, -0.25) is 14.3 Å². The summed E-state index contributed by atoms with van der Waals surface area (Å²) < 4.78 is 25.4. The van der Waals surface area contributed by atoms with Gasteiger partial charge in [0.1, 0.15) is 29.4 Å². The SMILES string of the molecule is COc1ccc(C(OC[C@H]2O[C@@H](n3cc(/C=C/C4=CC=CC4)c(=O)[nH]c3=O)C[C@@H]2O)(c2ccccc2)c2ccc(OC)cc2)cc1. The summed E-state index contributed by atoms with van der Waals surface area (Å²) in [7, 11) is 3.23. The molecule has 0 saturated carbocycles. The summed E-state index contributed by atoms with van der Waals surface area (Å²) in [6.07, 6.45) is 9.37. The van der Waals surface area contributed by atoms with Crippen molar-refractivity contribution in [3.05, 3.63) is 158 Å². The largest absolute Gasteiger partial charge is 0.497 e. The molecule has 0 unspecified atom stereocenters. The van der Waals surface area contributed by atoms with Gasteiger partial charge in [-0.05, 0) is 59.0 Å². The summed E-state index contributed by atoms with van der Waals surface area (Å²) in [6, 6.07) is 25.2. The van der Waals surface area contributed by atoms with Crippen LogP contribution in [0.5, 0.6) is 11.5 Å². The molecule has 3 atom stereocenters. The second-order valence-electron chi connectivity index (χ2n) is 11.2. The lowest BCUT2D eigenvalue weighted by Gasteiger charge is -2.37. The maximum absolute atomic E-state index is 12.9. The van der Waals surface area contributed by atoms with Gasteiger partial charge in [0.05, 0.1) is 32.5 Å². The molecule has 4 aromatic rings. The van der Waals surface area contributed by atoms with Gasteiger partial charge in [0, 0.05) is 12.6 Å². The van der Waals surface area contributed by atoms with Gasteiger partial charge in [0.15, 0.2) is 0 Å². The quantitative estimate of drug-likeness (QED) is 0.224. The number of allylic oxidation sites excluding steroid dienone is 5. The summed E-state index contributed by atoms with van der Waals surface area (Å²) in [5, 5.41) is 11.2. The van der Waals surface area contributed by atoms with Gasteiger partial charge in [0.25, 0.3) is 5.56 Å². The van der Waals surface area contributed by atoms with Crippen LogP contribution in [-0.2, 0) is 15.1 Å². The maximum atomic E-state index is 12.9. The smallest absolute Gasteiger partial charge is 0.330 e. The zero-order valence-electron chi connectivity index (χ0n) is 25.7. The van der Waals surface area contributed by atoms with Crippen molar-refractivity contribution in [1.29, 1.82) is 0 Å². The molecule has 1 fully saturated rings. The fraction of sp³-hybridized carbons (Fsp3) is 0.243. The van der Waals surface area contributed by atoms with E-state index in [4.69, 9.17) is 18.9 Å². The van der Waals surface area contributed by atoms with E-state index in [9.17, 15) is 14.7 Å². The lowest BCUT2D eigenvalue weighted by Crippen LogP contribution is -2.38. The fourth-order valence-electron chi connectivity index (χ4n) is 5.94. The molecule has 1 saturated heterocycles. The Labute approximate surface area is 266 Å². The zero-order valence-corrected chi connectivity index (χ0v) is 25.7. The first-order chi connectivity index (χ1) is 22.4. The number of aromatic amines is 1. The van der Waals surface area contributed by atoms with E-state index in [2.05, 4.69) is 4.98 Å². The number of H-pyrrole nitrogens is 1. The van der Waals surface area contributed by atoms with E-state index in [-0.39, 0.29) is 13.0 Å². The van der Waals surface area contributed by atoms with Crippen molar-refractivity contribution in [3.8, 4) is 11.5 Å². The first-order valence-corrected chi connectivity index (χ1v) is 15.1. The number of aliphatic hydroxyl groups excluding tert-OH is 1. The molecule has 0 radical (unpaired) electrons. The predicted octanol–water partition coefficient (Wildman–Crippen LogP) is 5.11. The number of nitrogens with zero attached hydrogens (tertiary/aromatic N) is 1. The molecule has 9 nitrogen and oxygen atoms in total. The highest BCUT2D eigenvalue weighted by atomic mass is 16.6. The average Bonchev–Trinajstić information content (AvgIpc) is 3.75. The number of aromatic nitrogens is 2. The number of benzene rings is 3. The normalized spacial score (nSPS) is 19.5. The number of ether oxygens (including phenoxy) is 4. The van der Waals surface area contributed by atoms with Crippen LogP contribution in [0.4, 0.5) is 0 Å². The fourth-order valence-corrected chi connectivity index (χ4v) is 5.94. The third-order valence-electron chi connectivity index (χ3n) is 8.42. The van der Waals surface area contributed by atoms with Crippen molar-refractivity contribution in [3.63, 3.8) is 0 Å². The van der Waals surface area contributed by atoms with Crippen LogP contribution in [0.15, 0.2) is 125 Å². The highest BCUT2D eigenvalue weighted by Crippen LogP contribution is 2.42. The molecule has 1 aliphatic heterocycles. The predicted molar refractivity (Wildman–Crippen MR) is 175 cm³/mol. The molecular weight excluding hydrogens is 584 g/mol. The third-order valence-corrected chi connectivity index (χ3v) is 8.42. The number of methoxy groups -OCH3 is 2. The van der Waals surface area contributed by atoms with Gasteiger partial charge in [-0.25, -0.2) is 4.79 Å². The van der Waals surface area contributed by atoms with Gasteiger partial charge < -0.3 is 24.1 Å². The van der Waals surface area contributed by atoms with E-state index in [0.717, 1.165) is 28.7 Å². The number of hydrogen-bond acceptors (Lipinski definition) is 7. The lowest BCUT2D eigenvalue weighted by atomic mass is 9.80. The summed E-state index contributed by atoms with van der Waals surface area (Å²) in [5.74, 6) is 1.41. The Morgan fingerprint density at radius 2 is 1.54 bits per heavy atom. The summed E-state index contributed by atoms with van der Waals surface area (Å²) in [4.78, 5) is 27.8. The Kier molecular flexibility index (Phi) is 9.16. The molecule has 9 heteroatoms. The Bertz CT molecular complexity index is 1810. The number of aliphatic hydroxyl groups is 1. The van der Waals surface area contributed by atoms with Crippen LogP contribution in [-0.4, -0.2) is 47.7 Å². The zero-order chi connectivity index (χ0) is 32.1. The standard InChI is InChI=1S/C37H36N2O7/c1-43-30-18-14-28(15-19-30)37(27-10-4-3-5-11-27,29-16-20-31(44-2)21-17-29)45-24-33-32(40)22-34(46-33)39-23-26(35(41)38-36(39)42)13-12-25-8-6-7-9-25/h3-8,10-21,23,32-34,40H,9,22,24H2,1-2H3,(H,38,41,42)/b13-12+/t32-,33+,34+/m0/s1. The Hall–Kier alpha value is -4.96. The van der Waals surface area contributed by atoms with Gasteiger partial charge in [0.2, 0.25) is 0 Å². The molecular formula is C37H36N2O7. The number of rotatable bonds is 11. The summed E-state index contributed by atoms with van der Waals surface area (Å²) >= 11 is 0. The monoisotopic (exact) mass is 620 g/mol. The Morgan fingerprint density at radius 3 is 2.13 bits per heavy atom. The van der Waals surface area contributed by atoms with Gasteiger partial charge in [-0.2, -0.15) is 0 Å². The third kappa shape index (κ3) is 6.25. The first-order valence-electron chi connectivity index (χ1n) is 15.1. The van der Waals surface area contributed by atoms with Gasteiger partial charge in [-0.15, -0.1) is 0 Å². The van der Waals surface area contributed by atoms with E-state index < -0.39 is 35.3 Å². The van der Waals surface area contributed by atoms with Crippen molar-refractivity contribution >= 4 is 6.08 Å². The van der Waals surface area contributed by atoms with Crippen LogP contribution < -0.4 is 20.7 Å². The van der Waals surface area contributed by atoms with E-state index in [1.165, 1.54) is 10.8 Å². The molecule has 3 aromatic carbocycles. The minimum absolute atomic E-state index is 0.00334. The maximum Gasteiger partial charge on any atom is 0.330 e. The Morgan fingerprint density at radius 1 is 0.913 bits per heavy atom. The van der Waals surface area contributed by atoms with Crippen LogP contribution in [0.25, 0.3) is 6.08 Å². The molecule has 236 valence electrons. The van der Waals surface area contributed by atoms with Crippen molar-refractivity contribution < 1.29 is 24.1 Å². The Balaban J connectivity index is 1.32. The number of hydrogen-bond donors (Lipinski definition) is 2. The molecule has 1 aromatic heterocycles. The van der Waals surface area contributed by atoms with Crippen molar-refractivity contribution in [2.24, 2.45) is 0 Å². The molecule has 0 bridgehead atoms.